The summed E-state index contributed by atoms with van der Waals surface area (Å²) < 4.78 is 6.19. The fourth-order valence-corrected chi connectivity index (χ4v) is 7.46. The lowest BCUT2D eigenvalue weighted by molar-refractivity contribution is -0.137. The number of anilines is 1. The number of nitrogens with one attached hydrogen (secondary N) is 1. The van der Waals surface area contributed by atoms with Crippen LogP contribution in [0.3, 0.4) is 0 Å². The molecule has 2 aromatic carbocycles. The average molecular weight is 486 g/mol. The predicted molar refractivity (Wildman–Crippen MR) is 132 cm³/mol. The Hall–Kier alpha value is -2.28. The first-order valence-corrected chi connectivity index (χ1v) is 13.5. The smallest absolute Gasteiger partial charge is 0.261 e. The number of nitriles is 1. The van der Waals surface area contributed by atoms with Gasteiger partial charge in [-0.25, -0.2) is 0 Å². The number of carbonyl (C=O) groups excluding carboxylic acids is 2. The molecule has 0 aromatic heterocycles. The van der Waals surface area contributed by atoms with Crippen LogP contribution in [0, 0.1) is 11.3 Å². The van der Waals surface area contributed by atoms with E-state index in [-0.39, 0.29) is 18.4 Å². The van der Waals surface area contributed by atoms with Crippen LogP contribution in [0.5, 0.6) is 5.75 Å². The molecule has 1 N–H and O–H groups in total. The number of thioether (sulfide) groups is 3. The third-order valence-electron chi connectivity index (χ3n) is 5.13. The number of carbonyl (C=O) groups is 2. The van der Waals surface area contributed by atoms with Gasteiger partial charge in [0, 0.05) is 11.4 Å². The van der Waals surface area contributed by atoms with E-state index in [1.54, 1.807) is 40.9 Å². The molecule has 2 aliphatic heterocycles. The van der Waals surface area contributed by atoms with Crippen LogP contribution in [0.1, 0.15) is 22.1 Å². The summed E-state index contributed by atoms with van der Waals surface area (Å²) in [6.45, 7) is -0.104. The molecule has 2 aromatic rings. The van der Waals surface area contributed by atoms with Crippen molar-refractivity contribution in [2.45, 2.75) is 17.0 Å². The highest BCUT2D eigenvalue weighted by atomic mass is 32.2. The quantitative estimate of drug-likeness (QED) is 0.651. The molecular weight excluding hydrogens is 462 g/mol. The second kappa shape index (κ2) is 11.0. The molecule has 0 bridgehead atoms. The topological polar surface area (TPSA) is 82.4 Å². The molecule has 0 saturated carbocycles. The van der Waals surface area contributed by atoms with Crippen LogP contribution in [-0.2, 0) is 9.59 Å². The second-order valence-corrected chi connectivity index (χ2v) is 11.1. The van der Waals surface area contributed by atoms with Crippen molar-refractivity contribution in [1.82, 2.24) is 4.90 Å². The summed E-state index contributed by atoms with van der Waals surface area (Å²) >= 11 is 5.48. The van der Waals surface area contributed by atoms with Crippen molar-refractivity contribution in [3.63, 3.8) is 0 Å². The van der Waals surface area contributed by atoms with E-state index in [0.29, 0.717) is 33.2 Å². The zero-order valence-corrected chi connectivity index (χ0v) is 19.8. The molecule has 2 heterocycles. The zero-order chi connectivity index (χ0) is 22.3. The summed E-state index contributed by atoms with van der Waals surface area (Å²) in [7, 11) is 0. The van der Waals surface area contributed by atoms with E-state index in [1.807, 2.05) is 41.7 Å². The SMILES string of the molecule is N#Cc1ccc(NC(=O)C2CSCN2C(=O)COc2ccc(C3SCCCS3)cc2)cc1. The summed E-state index contributed by atoms with van der Waals surface area (Å²) in [5, 5.41) is 11.7. The molecule has 2 amide bonds. The van der Waals surface area contributed by atoms with Crippen LogP contribution in [-0.4, -0.2) is 52.5 Å². The minimum absolute atomic E-state index is 0.104. The molecule has 1 unspecified atom stereocenters. The highest BCUT2D eigenvalue weighted by Gasteiger charge is 2.34. The highest BCUT2D eigenvalue weighted by Crippen LogP contribution is 2.43. The van der Waals surface area contributed by atoms with Gasteiger partial charge in [0.1, 0.15) is 11.8 Å². The van der Waals surface area contributed by atoms with Crippen LogP contribution in [0.2, 0.25) is 0 Å². The van der Waals surface area contributed by atoms with Crippen LogP contribution >= 0.6 is 35.3 Å². The summed E-state index contributed by atoms with van der Waals surface area (Å²) in [5.74, 6) is 3.59. The van der Waals surface area contributed by atoms with Gasteiger partial charge >= 0.3 is 0 Å². The second-order valence-electron chi connectivity index (χ2n) is 7.34. The lowest BCUT2D eigenvalue weighted by Crippen LogP contribution is -2.46. The van der Waals surface area contributed by atoms with Crippen molar-refractivity contribution in [2.75, 3.05) is 35.1 Å². The molecule has 0 aliphatic carbocycles. The van der Waals surface area contributed by atoms with Crippen molar-refractivity contribution in [1.29, 1.82) is 5.26 Å². The lowest BCUT2D eigenvalue weighted by atomic mass is 10.2. The third-order valence-corrected chi connectivity index (χ3v) is 9.16. The normalized spacial score (nSPS) is 18.7. The Morgan fingerprint density at radius 1 is 1.09 bits per heavy atom. The Morgan fingerprint density at radius 2 is 1.81 bits per heavy atom. The molecule has 32 heavy (non-hydrogen) atoms. The molecule has 9 heteroatoms. The van der Waals surface area contributed by atoms with Gasteiger partial charge in [-0.15, -0.1) is 35.3 Å². The predicted octanol–water partition coefficient (Wildman–Crippen LogP) is 4.35. The molecule has 2 fully saturated rings. The lowest BCUT2D eigenvalue weighted by Gasteiger charge is -2.23. The maximum Gasteiger partial charge on any atom is 0.261 e. The van der Waals surface area contributed by atoms with Crippen molar-refractivity contribution < 1.29 is 14.3 Å². The first kappa shape index (κ1) is 22.9. The van der Waals surface area contributed by atoms with E-state index in [2.05, 4.69) is 17.4 Å². The van der Waals surface area contributed by atoms with Gasteiger partial charge in [0.2, 0.25) is 5.91 Å². The van der Waals surface area contributed by atoms with E-state index in [4.69, 9.17) is 10.00 Å². The number of amides is 2. The minimum Gasteiger partial charge on any atom is -0.484 e. The Kier molecular flexibility index (Phi) is 7.90. The molecular formula is C23H23N3O3S3. The fourth-order valence-electron chi connectivity index (χ4n) is 3.39. The van der Waals surface area contributed by atoms with Gasteiger partial charge in [-0.2, -0.15) is 5.26 Å². The largest absolute Gasteiger partial charge is 0.484 e. The van der Waals surface area contributed by atoms with Gasteiger partial charge in [-0.3, -0.25) is 9.59 Å². The number of hydrogen-bond donors (Lipinski definition) is 1. The van der Waals surface area contributed by atoms with E-state index in [9.17, 15) is 9.59 Å². The maximum absolute atomic E-state index is 12.7. The molecule has 0 radical (unpaired) electrons. The van der Waals surface area contributed by atoms with Gasteiger partial charge < -0.3 is 15.0 Å². The van der Waals surface area contributed by atoms with Crippen LogP contribution < -0.4 is 10.1 Å². The van der Waals surface area contributed by atoms with Crippen molar-refractivity contribution in [3.8, 4) is 11.8 Å². The van der Waals surface area contributed by atoms with Gasteiger partial charge in [0.15, 0.2) is 6.61 Å². The van der Waals surface area contributed by atoms with Crippen LogP contribution in [0.15, 0.2) is 48.5 Å². The Bertz CT molecular complexity index is 986. The van der Waals surface area contributed by atoms with Gasteiger partial charge in [-0.05, 0) is 59.9 Å². The molecule has 1 atom stereocenters. The molecule has 2 saturated heterocycles. The highest BCUT2D eigenvalue weighted by molar-refractivity contribution is 8.16. The molecule has 4 rings (SSSR count). The Labute approximate surface area is 200 Å². The molecule has 2 aliphatic rings. The number of ether oxygens (including phenoxy) is 1. The average Bonchev–Trinajstić information content (AvgIpc) is 3.34. The monoisotopic (exact) mass is 485 g/mol. The third kappa shape index (κ3) is 5.74. The number of rotatable bonds is 6. The number of benzene rings is 2. The first-order valence-electron chi connectivity index (χ1n) is 10.3. The van der Waals surface area contributed by atoms with Crippen molar-refractivity contribution >= 4 is 52.8 Å². The van der Waals surface area contributed by atoms with Crippen LogP contribution in [0.4, 0.5) is 5.69 Å². The Morgan fingerprint density at radius 3 is 2.50 bits per heavy atom. The first-order chi connectivity index (χ1) is 15.6. The van der Waals surface area contributed by atoms with E-state index >= 15 is 0 Å². The van der Waals surface area contributed by atoms with E-state index in [1.165, 1.54) is 23.5 Å². The summed E-state index contributed by atoms with van der Waals surface area (Å²) in [4.78, 5) is 27.0. The summed E-state index contributed by atoms with van der Waals surface area (Å²) in [6, 6.07) is 16.1. The fraction of sp³-hybridized carbons (Fsp3) is 0.348. The van der Waals surface area contributed by atoms with E-state index in [0.717, 1.165) is 0 Å². The molecule has 166 valence electrons. The van der Waals surface area contributed by atoms with E-state index < -0.39 is 6.04 Å². The van der Waals surface area contributed by atoms with Gasteiger partial charge in [-0.1, -0.05) is 12.1 Å². The molecule has 0 spiro atoms. The minimum atomic E-state index is -0.547. The summed E-state index contributed by atoms with van der Waals surface area (Å²) in [5.41, 5.74) is 2.40. The van der Waals surface area contributed by atoms with Crippen molar-refractivity contribution in [2.24, 2.45) is 0 Å². The maximum atomic E-state index is 12.7. The molecule has 6 nitrogen and oxygen atoms in total. The van der Waals surface area contributed by atoms with Gasteiger partial charge in [0.25, 0.3) is 5.91 Å². The summed E-state index contributed by atoms with van der Waals surface area (Å²) in [6.07, 6.45) is 1.26. The zero-order valence-electron chi connectivity index (χ0n) is 17.4. The number of hydrogen-bond acceptors (Lipinski definition) is 7. The van der Waals surface area contributed by atoms with Crippen molar-refractivity contribution in [3.05, 3.63) is 59.7 Å². The Balaban J connectivity index is 1.30. The standard InChI is InChI=1S/C23H23N3O3S3/c24-12-16-2-6-18(7-3-16)25-22(28)20-14-30-15-26(20)21(27)13-29-19-8-4-17(5-9-19)23-31-10-1-11-32-23/h2-9,20,23H,1,10-11,13-15H2,(H,25,28). The van der Waals surface area contributed by atoms with Gasteiger partial charge in [0.05, 0.1) is 22.1 Å². The number of nitrogens with zero attached hydrogens (tertiary/aromatic N) is 2. The van der Waals surface area contributed by atoms with Crippen LogP contribution in [0.25, 0.3) is 0 Å².